The Labute approximate surface area is 142 Å². The summed E-state index contributed by atoms with van der Waals surface area (Å²) in [5, 5.41) is 0. The summed E-state index contributed by atoms with van der Waals surface area (Å²) in [4.78, 5) is 0. The third-order valence-corrected chi connectivity index (χ3v) is 8.24. The topological polar surface area (TPSA) is 9.23 Å². The van der Waals surface area contributed by atoms with Gasteiger partial charge in [-0.2, -0.15) is 0 Å². The van der Waals surface area contributed by atoms with Crippen LogP contribution in [0.25, 0.3) is 0 Å². The maximum atomic E-state index is 6.40. The molecule has 2 aromatic carbocycles. The first-order valence-corrected chi connectivity index (χ1v) is 13.5. The van der Waals surface area contributed by atoms with E-state index in [0.29, 0.717) is 0 Å². The maximum absolute atomic E-state index is 6.40. The van der Waals surface area contributed by atoms with Crippen molar-refractivity contribution in [2.24, 2.45) is 0 Å². The van der Waals surface area contributed by atoms with Crippen LogP contribution in [0.3, 0.4) is 0 Å². The minimum Gasteiger partial charge on any atom is -0.438 e. The van der Waals surface area contributed by atoms with Gasteiger partial charge in [-0.1, -0.05) is 59.3 Å². The first kappa shape index (κ1) is 17.3. The van der Waals surface area contributed by atoms with E-state index in [1.807, 2.05) is 60.7 Å². The lowest BCUT2D eigenvalue weighted by Crippen LogP contribution is -2.43. The molecule has 2 rings (SSSR count). The molecule has 0 aliphatic carbocycles. The van der Waals surface area contributed by atoms with Crippen molar-refractivity contribution in [2.75, 3.05) is 0 Å². The fraction of sp³-hybridized carbons (Fsp3) is 0.200. The SMILES string of the molecule is C[Si](C)(C)O[Si](C)(C#Cc1ccccc1)C#Cc1ccccc1. The molecule has 0 radical (unpaired) electrons. The number of hydrogen-bond acceptors (Lipinski definition) is 1. The number of hydrogen-bond donors (Lipinski definition) is 0. The Morgan fingerprint density at radius 2 is 1.04 bits per heavy atom. The van der Waals surface area contributed by atoms with Crippen LogP contribution >= 0.6 is 0 Å². The predicted molar refractivity (Wildman–Crippen MR) is 103 cm³/mol. The van der Waals surface area contributed by atoms with E-state index in [-0.39, 0.29) is 0 Å². The van der Waals surface area contributed by atoms with Crippen LogP contribution in [0.5, 0.6) is 0 Å². The van der Waals surface area contributed by atoms with Crippen LogP contribution in [0, 0.1) is 22.9 Å². The molecule has 0 aliphatic heterocycles. The first-order valence-electron chi connectivity index (χ1n) is 7.73. The average Bonchev–Trinajstić information content (AvgIpc) is 2.52. The molecule has 0 bridgehead atoms. The fourth-order valence-electron chi connectivity index (χ4n) is 2.12. The van der Waals surface area contributed by atoms with Crippen molar-refractivity contribution in [2.45, 2.75) is 26.2 Å². The summed E-state index contributed by atoms with van der Waals surface area (Å²) in [5.74, 6) is 6.50. The Morgan fingerprint density at radius 1 is 0.652 bits per heavy atom. The van der Waals surface area contributed by atoms with E-state index >= 15 is 0 Å². The molecule has 116 valence electrons. The Bertz CT molecular complexity index is 696. The molecule has 0 saturated carbocycles. The first-order chi connectivity index (χ1) is 10.9. The largest absolute Gasteiger partial charge is 0.438 e. The third kappa shape index (κ3) is 6.30. The van der Waals surface area contributed by atoms with Crippen LogP contribution in [-0.2, 0) is 4.12 Å². The molecule has 0 amide bonds. The van der Waals surface area contributed by atoms with Crippen molar-refractivity contribution in [1.29, 1.82) is 0 Å². The average molecular weight is 335 g/mol. The van der Waals surface area contributed by atoms with Crippen LogP contribution in [0.4, 0.5) is 0 Å². The summed E-state index contributed by atoms with van der Waals surface area (Å²) in [6.45, 7) is 8.66. The molecule has 1 nitrogen and oxygen atoms in total. The number of rotatable bonds is 2. The number of benzene rings is 2. The molecule has 0 saturated heterocycles. The Hall–Kier alpha value is -2.05. The van der Waals surface area contributed by atoms with Gasteiger partial charge in [-0.3, -0.25) is 0 Å². The molecule has 23 heavy (non-hydrogen) atoms. The lowest BCUT2D eigenvalue weighted by molar-refractivity contribution is 0.575. The minimum absolute atomic E-state index is 1.01. The Morgan fingerprint density at radius 3 is 1.39 bits per heavy atom. The summed E-state index contributed by atoms with van der Waals surface area (Å²) in [5.41, 5.74) is 8.75. The Kier molecular flexibility index (Phi) is 5.63. The van der Waals surface area contributed by atoms with Crippen molar-refractivity contribution in [3.05, 3.63) is 71.8 Å². The molecule has 0 spiro atoms. The van der Waals surface area contributed by atoms with E-state index in [2.05, 4.69) is 49.1 Å². The van der Waals surface area contributed by atoms with Crippen molar-refractivity contribution < 1.29 is 4.12 Å². The molecule has 0 unspecified atom stereocenters. The highest BCUT2D eigenvalue weighted by molar-refractivity contribution is 6.94. The van der Waals surface area contributed by atoms with E-state index < -0.39 is 16.6 Å². The third-order valence-electron chi connectivity index (χ3n) is 2.95. The molecular formula is C20H22OSi2. The zero-order valence-electron chi connectivity index (χ0n) is 14.2. The highest BCUT2D eigenvalue weighted by atomic mass is 28.4. The standard InChI is InChI=1S/C20H22OSi2/c1-22(2,3)21-23(4,17-15-19-11-7-5-8-12-19)18-16-20-13-9-6-10-14-20/h5-14H,1-4H3. The van der Waals surface area contributed by atoms with E-state index in [9.17, 15) is 0 Å². The van der Waals surface area contributed by atoms with Gasteiger partial charge in [0.25, 0.3) is 0 Å². The second-order valence-electron chi connectivity index (χ2n) is 6.48. The quantitative estimate of drug-likeness (QED) is 0.576. The van der Waals surface area contributed by atoms with Crippen LogP contribution in [0.1, 0.15) is 11.1 Å². The van der Waals surface area contributed by atoms with Gasteiger partial charge in [0.15, 0.2) is 8.32 Å². The predicted octanol–water partition coefficient (Wildman–Crippen LogP) is 4.60. The Balaban J connectivity index is 2.34. The highest BCUT2D eigenvalue weighted by Crippen LogP contribution is 2.13. The van der Waals surface area contributed by atoms with E-state index in [4.69, 9.17) is 4.12 Å². The van der Waals surface area contributed by atoms with Crippen LogP contribution in [-0.4, -0.2) is 16.6 Å². The van der Waals surface area contributed by atoms with Crippen molar-refractivity contribution in [3.8, 4) is 22.9 Å². The molecule has 0 aromatic heterocycles. The molecule has 0 aliphatic rings. The molecule has 0 N–H and O–H groups in total. The molecule has 3 heteroatoms. The lowest BCUT2D eigenvalue weighted by Gasteiger charge is -2.26. The molecule has 0 fully saturated rings. The second kappa shape index (κ2) is 7.48. The summed E-state index contributed by atoms with van der Waals surface area (Å²) in [7, 11) is -4.12. The fourth-order valence-corrected chi connectivity index (χ4v) is 8.26. The van der Waals surface area contributed by atoms with Gasteiger partial charge in [0.2, 0.25) is 0 Å². The second-order valence-corrected chi connectivity index (χ2v) is 14.1. The summed E-state index contributed by atoms with van der Waals surface area (Å²) in [6.07, 6.45) is 0. The van der Waals surface area contributed by atoms with Crippen molar-refractivity contribution in [3.63, 3.8) is 0 Å². The molecule has 0 atom stereocenters. The molecule has 0 heterocycles. The zero-order valence-corrected chi connectivity index (χ0v) is 16.2. The van der Waals surface area contributed by atoms with E-state index in [1.165, 1.54) is 0 Å². The van der Waals surface area contributed by atoms with Gasteiger partial charge in [-0.15, -0.1) is 0 Å². The normalized spacial score (nSPS) is 11.0. The molecular weight excluding hydrogens is 312 g/mol. The van der Waals surface area contributed by atoms with Gasteiger partial charge < -0.3 is 4.12 Å². The molecule has 2 aromatic rings. The van der Waals surface area contributed by atoms with Crippen LogP contribution in [0.15, 0.2) is 60.7 Å². The van der Waals surface area contributed by atoms with E-state index in [1.54, 1.807) is 0 Å². The van der Waals surface area contributed by atoms with Gasteiger partial charge in [0.05, 0.1) is 0 Å². The summed E-state index contributed by atoms with van der Waals surface area (Å²) in [6, 6.07) is 20.0. The van der Waals surface area contributed by atoms with Gasteiger partial charge in [-0.25, -0.2) is 0 Å². The highest BCUT2D eigenvalue weighted by Gasteiger charge is 2.32. The zero-order chi connectivity index (χ0) is 16.8. The van der Waals surface area contributed by atoms with Gasteiger partial charge >= 0.3 is 8.32 Å². The smallest absolute Gasteiger partial charge is 0.340 e. The minimum atomic E-state index is -2.41. The lowest BCUT2D eigenvalue weighted by atomic mass is 10.2. The van der Waals surface area contributed by atoms with Crippen molar-refractivity contribution >= 4 is 16.6 Å². The van der Waals surface area contributed by atoms with Gasteiger partial charge in [0.1, 0.15) is 0 Å². The summed E-state index contributed by atoms with van der Waals surface area (Å²) < 4.78 is 6.40. The van der Waals surface area contributed by atoms with Crippen LogP contribution in [0.2, 0.25) is 26.2 Å². The van der Waals surface area contributed by atoms with E-state index in [0.717, 1.165) is 11.1 Å². The van der Waals surface area contributed by atoms with Gasteiger partial charge in [0, 0.05) is 11.1 Å². The van der Waals surface area contributed by atoms with Crippen LogP contribution < -0.4 is 0 Å². The van der Waals surface area contributed by atoms with Crippen molar-refractivity contribution in [1.82, 2.24) is 0 Å². The summed E-state index contributed by atoms with van der Waals surface area (Å²) >= 11 is 0. The monoisotopic (exact) mass is 334 g/mol. The maximum Gasteiger partial charge on any atom is 0.340 e. The van der Waals surface area contributed by atoms with Gasteiger partial charge in [-0.05, 0) is 50.5 Å².